The summed E-state index contributed by atoms with van der Waals surface area (Å²) in [4.78, 5) is 15.7. The number of primary amides is 1. The van der Waals surface area contributed by atoms with Gasteiger partial charge in [0, 0.05) is 10.9 Å². The number of carbonyl (C=O) groups excluding carboxylic acids is 1. The molecule has 0 bridgehead atoms. The summed E-state index contributed by atoms with van der Waals surface area (Å²) in [5.41, 5.74) is 6.05. The lowest BCUT2D eigenvalue weighted by atomic mass is 10.1. The molecular weight excluding hydrogens is 365 g/mol. The van der Waals surface area contributed by atoms with Gasteiger partial charge in [-0.2, -0.15) is 13.2 Å². The number of rotatable bonds is 5. The third-order valence-corrected chi connectivity index (χ3v) is 4.48. The Morgan fingerprint density at radius 2 is 1.81 bits per heavy atom. The molecule has 0 atom stereocenters. The van der Waals surface area contributed by atoms with Crippen molar-refractivity contribution < 1.29 is 22.7 Å². The summed E-state index contributed by atoms with van der Waals surface area (Å²) in [6.45, 7) is 0.113. The van der Waals surface area contributed by atoms with Gasteiger partial charge in [0.25, 0.3) is 5.91 Å². The van der Waals surface area contributed by atoms with Gasteiger partial charge in [-0.1, -0.05) is 24.3 Å². The van der Waals surface area contributed by atoms with E-state index in [9.17, 15) is 18.0 Å². The number of para-hydroxylation sites is 1. The Hall–Kier alpha value is -2.87. The topological polar surface area (TPSA) is 65.2 Å². The minimum absolute atomic E-state index is 0.113. The number of carbonyl (C=O) groups is 1. The van der Waals surface area contributed by atoms with Crippen LogP contribution in [-0.4, -0.2) is 10.9 Å². The SMILES string of the molecule is NC(=O)c1ccccc1OCc1csc(-c2ccc(C(F)(F)F)cc2)n1. The van der Waals surface area contributed by atoms with Gasteiger partial charge in [-0.3, -0.25) is 4.79 Å². The maximum atomic E-state index is 12.6. The Morgan fingerprint density at radius 1 is 1.12 bits per heavy atom. The Balaban J connectivity index is 1.72. The van der Waals surface area contributed by atoms with Crippen molar-refractivity contribution in [3.8, 4) is 16.3 Å². The van der Waals surface area contributed by atoms with Crippen LogP contribution in [0.4, 0.5) is 13.2 Å². The zero-order valence-electron chi connectivity index (χ0n) is 13.3. The van der Waals surface area contributed by atoms with Crippen LogP contribution in [0.5, 0.6) is 5.75 Å². The third-order valence-electron chi connectivity index (χ3n) is 3.54. The van der Waals surface area contributed by atoms with Crippen molar-refractivity contribution in [3.63, 3.8) is 0 Å². The molecule has 2 aromatic carbocycles. The lowest BCUT2D eigenvalue weighted by Gasteiger charge is -2.08. The van der Waals surface area contributed by atoms with E-state index < -0.39 is 17.6 Å². The standard InChI is InChI=1S/C18H13F3N2O2S/c19-18(20,21)12-7-5-11(6-8-12)17-23-13(10-26-17)9-25-15-4-2-1-3-14(15)16(22)24/h1-8,10H,9H2,(H2,22,24). The van der Waals surface area contributed by atoms with Crippen molar-refractivity contribution >= 4 is 17.2 Å². The molecule has 0 aliphatic carbocycles. The molecule has 1 amide bonds. The van der Waals surface area contributed by atoms with E-state index in [1.165, 1.54) is 23.5 Å². The van der Waals surface area contributed by atoms with E-state index in [0.29, 0.717) is 22.0 Å². The van der Waals surface area contributed by atoms with E-state index >= 15 is 0 Å². The second-order valence-electron chi connectivity index (χ2n) is 5.37. The van der Waals surface area contributed by atoms with Gasteiger partial charge < -0.3 is 10.5 Å². The van der Waals surface area contributed by atoms with Gasteiger partial charge in [-0.05, 0) is 24.3 Å². The highest BCUT2D eigenvalue weighted by molar-refractivity contribution is 7.13. The van der Waals surface area contributed by atoms with Crippen LogP contribution in [0.1, 0.15) is 21.6 Å². The molecule has 0 fully saturated rings. The molecule has 1 heterocycles. The summed E-state index contributed by atoms with van der Waals surface area (Å²) in [6.07, 6.45) is -4.37. The zero-order chi connectivity index (χ0) is 18.7. The molecule has 0 spiro atoms. The second kappa shape index (κ2) is 7.17. The molecule has 0 unspecified atom stereocenters. The first-order valence-electron chi connectivity index (χ1n) is 7.48. The molecule has 8 heteroatoms. The number of amides is 1. The van der Waals surface area contributed by atoms with Crippen LogP contribution in [-0.2, 0) is 12.8 Å². The fourth-order valence-electron chi connectivity index (χ4n) is 2.26. The van der Waals surface area contributed by atoms with E-state index in [1.807, 2.05) is 0 Å². The van der Waals surface area contributed by atoms with Crippen molar-refractivity contribution in [2.45, 2.75) is 12.8 Å². The van der Waals surface area contributed by atoms with E-state index in [4.69, 9.17) is 10.5 Å². The van der Waals surface area contributed by atoms with E-state index in [2.05, 4.69) is 4.98 Å². The summed E-state index contributed by atoms with van der Waals surface area (Å²) in [7, 11) is 0. The normalized spacial score (nSPS) is 11.3. The Labute approximate surface area is 151 Å². The van der Waals surface area contributed by atoms with Crippen molar-refractivity contribution in [1.82, 2.24) is 4.98 Å². The van der Waals surface area contributed by atoms with Crippen molar-refractivity contribution in [3.05, 3.63) is 70.7 Å². The van der Waals surface area contributed by atoms with Crippen LogP contribution >= 0.6 is 11.3 Å². The van der Waals surface area contributed by atoms with Crippen molar-refractivity contribution in [2.75, 3.05) is 0 Å². The molecule has 26 heavy (non-hydrogen) atoms. The van der Waals surface area contributed by atoms with Gasteiger partial charge >= 0.3 is 6.18 Å². The summed E-state index contributed by atoms with van der Waals surface area (Å²) in [5, 5.41) is 2.33. The van der Waals surface area contributed by atoms with Gasteiger partial charge in [0.05, 0.1) is 16.8 Å². The van der Waals surface area contributed by atoms with E-state index in [-0.39, 0.29) is 12.2 Å². The lowest BCUT2D eigenvalue weighted by molar-refractivity contribution is -0.137. The maximum Gasteiger partial charge on any atom is 0.416 e. The average Bonchev–Trinajstić information content (AvgIpc) is 3.08. The molecule has 0 saturated heterocycles. The third kappa shape index (κ3) is 4.02. The molecule has 0 radical (unpaired) electrons. The first-order chi connectivity index (χ1) is 12.3. The van der Waals surface area contributed by atoms with Crippen LogP contribution in [0, 0.1) is 0 Å². The molecule has 0 aliphatic rings. The van der Waals surface area contributed by atoms with Crippen LogP contribution < -0.4 is 10.5 Å². The molecular formula is C18H13F3N2O2S. The van der Waals surface area contributed by atoms with Gasteiger partial charge in [-0.15, -0.1) is 11.3 Å². The van der Waals surface area contributed by atoms with E-state index in [1.54, 1.807) is 29.6 Å². The summed E-state index contributed by atoms with van der Waals surface area (Å²) >= 11 is 1.30. The summed E-state index contributed by atoms with van der Waals surface area (Å²) in [5.74, 6) is -0.242. The van der Waals surface area contributed by atoms with Crippen LogP contribution in [0.2, 0.25) is 0 Å². The molecule has 134 valence electrons. The number of thiazole rings is 1. The van der Waals surface area contributed by atoms with Crippen molar-refractivity contribution in [1.29, 1.82) is 0 Å². The highest BCUT2D eigenvalue weighted by atomic mass is 32.1. The second-order valence-corrected chi connectivity index (χ2v) is 6.23. The number of aromatic nitrogens is 1. The van der Waals surface area contributed by atoms with E-state index in [0.717, 1.165) is 12.1 Å². The first kappa shape index (κ1) is 17.9. The average molecular weight is 378 g/mol. The predicted molar refractivity (Wildman–Crippen MR) is 91.8 cm³/mol. The Morgan fingerprint density at radius 3 is 2.46 bits per heavy atom. The van der Waals surface area contributed by atoms with Crippen LogP contribution in [0.15, 0.2) is 53.9 Å². The fraction of sp³-hybridized carbons (Fsp3) is 0.111. The predicted octanol–water partition coefficient (Wildman–Crippen LogP) is 4.51. The largest absolute Gasteiger partial charge is 0.486 e. The quantitative estimate of drug-likeness (QED) is 0.711. The highest BCUT2D eigenvalue weighted by Gasteiger charge is 2.30. The molecule has 2 N–H and O–H groups in total. The molecule has 1 aromatic heterocycles. The highest BCUT2D eigenvalue weighted by Crippen LogP contribution is 2.32. The maximum absolute atomic E-state index is 12.6. The number of alkyl halides is 3. The van der Waals surface area contributed by atoms with Gasteiger partial charge in [0.15, 0.2) is 0 Å². The fourth-order valence-corrected chi connectivity index (χ4v) is 3.07. The molecule has 3 aromatic rings. The summed E-state index contributed by atoms with van der Waals surface area (Å²) in [6, 6.07) is 11.4. The van der Waals surface area contributed by atoms with Gasteiger partial charge in [-0.25, -0.2) is 4.98 Å². The number of halogens is 3. The van der Waals surface area contributed by atoms with Crippen molar-refractivity contribution in [2.24, 2.45) is 5.73 Å². The Kier molecular flexibility index (Phi) is 4.94. The molecule has 0 saturated carbocycles. The van der Waals surface area contributed by atoms with Crippen LogP contribution in [0.3, 0.4) is 0 Å². The van der Waals surface area contributed by atoms with Crippen LogP contribution in [0.25, 0.3) is 10.6 Å². The van der Waals surface area contributed by atoms with Gasteiger partial charge in [0.2, 0.25) is 0 Å². The number of nitrogens with two attached hydrogens (primary N) is 1. The number of ether oxygens (including phenoxy) is 1. The number of benzene rings is 2. The zero-order valence-corrected chi connectivity index (χ0v) is 14.1. The molecule has 3 rings (SSSR count). The Bertz CT molecular complexity index is 921. The number of nitrogens with zero attached hydrogens (tertiary/aromatic N) is 1. The summed E-state index contributed by atoms with van der Waals surface area (Å²) < 4.78 is 43.4. The molecule has 4 nitrogen and oxygen atoms in total. The smallest absolute Gasteiger partial charge is 0.416 e. The monoisotopic (exact) mass is 378 g/mol. The molecule has 0 aliphatic heterocycles. The minimum Gasteiger partial charge on any atom is -0.486 e. The number of hydrogen-bond acceptors (Lipinski definition) is 4. The number of hydrogen-bond donors (Lipinski definition) is 1. The lowest BCUT2D eigenvalue weighted by Crippen LogP contribution is -2.12. The first-order valence-corrected chi connectivity index (χ1v) is 8.36. The van der Waals surface area contributed by atoms with Gasteiger partial charge in [0.1, 0.15) is 17.4 Å². The minimum atomic E-state index is -4.37.